The summed E-state index contributed by atoms with van der Waals surface area (Å²) in [7, 11) is 0. The maximum atomic E-state index is 11.6. The second-order valence-electron chi connectivity index (χ2n) is 7.48. The lowest BCUT2D eigenvalue weighted by Gasteiger charge is -2.28. The summed E-state index contributed by atoms with van der Waals surface area (Å²) in [5.41, 5.74) is 4.54. The van der Waals surface area contributed by atoms with Gasteiger partial charge >= 0.3 is 11.9 Å². The molecule has 0 bridgehead atoms. The van der Waals surface area contributed by atoms with Gasteiger partial charge in [-0.1, -0.05) is 53.7 Å². The Hall–Kier alpha value is -1.84. The molecule has 1 aromatic carbocycles. The van der Waals surface area contributed by atoms with E-state index in [2.05, 4.69) is 53.7 Å². The van der Waals surface area contributed by atoms with Gasteiger partial charge in [0, 0.05) is 19.4 Å². The zero-order chi connectivity index (χ0) is 19.3. The third-order valence-corrected chi connectivity index (χ3v) is 4.25. The SMILES string of the molecule is CC(=O)OCC(OC(C)=O)c1c(C(C)C)cc(C(C)C)cc1C(C)C. The molecular weight excluding hydrogens is 316 g/mol. The Bertz CT molecular complexity index is 585. The average molecular weight is 348 g/mol. The van der Waals surface area contributed by atoms with Crippen LogP contribution in [0.5, 0.6) is 0 Å². The first-order valence-corrected chi connectivity index (χ1v) is 9.02. The zero-order valence-corrected chi connectivity index (χ0v) is 16.8. The van der Waals surface area contributed by atoms with Crippen molar-refractivity contribution in [1.29, 1.82) is 0 Å². The van der Waals surface area contributed by atoms with Gasteiger partial charge in [-0.3, -0.25) is 9.59 Å². The van der Waals surface area contributed by atoms with Gasteiger partial charge in [0.15, 0.2) is 6.10 Å². The summed E-state index contributed by atoms with van der Waals surface area (Å²) in [5, 5.41) is 0. The maximum absolute atomic E-state index is 11.6. The van der Waals surface area contributed by atoms with E-state index in [9.17, 15) is 9.59 Å². The van der Waals surface area contributed by atoms with Gasteiger partial charge in [-0.15, -0.1) is 0 Å². The van der Waals surface area contributed by atoms with Crippen LogP contribution < -0.4 is 0 Å². The van der Waals surface area contributed by atoms with E-state index >= 15 is 0 Å². The van der Waals surface area contributed by atoms with Crippen molar-refractivity contribution in [2.75, 3.05) is 6.61 Å². The van der Waals surface area contributed by atoms with E-state index in [0.717, 1.165) is 16.7 Å². The summed E-state index contributed by atoms with van der Waals surface area (Å²) in [6.07, 6.45) is -0.586. The smallest absolute Gasteiger partial charge is 0.303 e. The number of carbonyl (C=O) groups is 2. The fourth-order valence-corrected chi connectivity index (χ4v) is 2.95. The van der Waals surface area contributed by atoms with Crippen LogP contribution in [-0.4, -0.2) is 18.5 Å². The molecule has 4 heteroatoms. The summed E-state index contributed by atoms with van der Waals surface area (Å²) in [6.45, 7) is 15.6. The van der Waals surface area contributed by atoms with Crippen molar-refractivity contribution in [2.45, 2.75) is 79.2 Å². The maximum Gasteiger partial charge on any atom is 0.303 e. The second kappa shape index (κ2) is 9.02. The largest absolute Gasteiger partial charge is 0.462 e. The Morgan fingerprint density at radius 1 is 0.840 bits per heavy atom. The van der Waals surface area contributed by atoms with Crippen LogP contribution in [0, 0.1) is 0 Å². The Kier molecular flexibility index (Phi) is 7.65. The molecule has 0 saturated carbocycles. The highest BCUT2D eigenvalue weighted by atomic mass is 16.6. The van der Waals surface area contributed by atoms with E-state index in [0.29, 0.717) is 5.92 Å². The van der Waals surface area contributed by atoms with E-state index < -0.39 is 6.10 Å². The van der Waals surface area contributed by atoms with Gasteiger partial charge in [0.1, 0.15) is 6.61 Å². The van der Waals surface area contributed by atoms with Gasteiger partial charge in [-0.2, -0.15) is 0 Å². The Balaban J connectivity index is 3.58. The van der Waals surface area contributed by atoms with Crippen molar-refractivity contribution >= 4 is 11.9 Å². The molecule has 0 N–H and O–H groups in total. The molecule has 0 heterocycles. The van der Waals surface area contributed by atoms with Crippen molar-refractivity contribution in [1.82, 2.24) is 0 Å². The first kappa shape index (κ1) is 21.2. The molecule has 0 aliphatic heterocycles. The molecule has 25 heavy (non-hydrogen) atoms. The van der Waals surface area contributed by atoms with E-state index in [-0.39, 0.29) is 30.4 Å². The molecule has 0 aromatic heterocycles. The Morgan fingerprint density at radius 2 is 1.32 bits per heavy atom. The van der Waals surface area contributed by atoms with Crippen molar-refractivity contribution in [3.05, 3.63) is 34.4 Å². The number of esters is 2. The molecule has 0 saturated heterocycles. The lowest BCUT2D eigenvalue weighted by molar-refractivity contribution is -0.156. The molecule has 1 rings (SSSR count). The molecule has 0 aliphatic carbocycles. The van der Waals surface area contributed by atoms with Crippen LogP contribution >= 0.6 is 0 Å². The first-order chi connectivity index (χ1) is 11.5. The quantitative estimate of drug-likeness (QED) is 0.634. The van der Waals surface area contributed by atoms with Crippen LogP contribution in [0.4, 0.5) is 0 Å². The van der Waals surface area contributed by atoms with Gasteiger partial charge in [0.25, 0.3) is 0 Å². The van der Waals surface area contributed by atoms with Crippen LogP contribution in [0.15, 0.2) is 12.1 Å². The van der Waals surface area contributed by atoms with Gasteiger partial charge in [-0.05, 0) is 34.4 Å². The highest BCUT2D eigenvalue weighted by Gasteiger charge is 2.26. The average Bonchev–Trinajstić information content (AvgIpc) is 2.49. The third kappa shape index (κ3) is 5.87. The van der Waals surface area contributed by atoms with Crippen molar-refractivity contribution < 1.29 is 19.1 Å². The fourth-order valence-electron chi connectivity index (χ4n) is 2.95. The minimum Gasteiger partial charge on any atom is -0.462 e. The van der Waals surface area contributed by atoms with E-state index in [1.165, 1.54) is 19.4 Å². The second-order valence-corrected chi connectivity index (χ2v) is 7.48. The first-order valence-electron chi connectivity index (χ1n) is 9.02. The molecule has 0 radical (unpaired) electrons. The number of benzene rings is 1. The predicted octanol–water partition coefficient (Wildman–Crippen LogP) is 5.22. The van der Waals surface area contributed by atoms with Crippen molar-refractivity contribution in [2.24, 2.45) is 0 Å². The molecule has 0 aliphatic rings. The minimum atomic E-state index is -0.586. The summed E-state index contributed by atoms with van der Waals surface area (Å²) in [4.78, 5) is 22.9. The molecule has 1 aromatic rings. The van der Waals surface area contributed by atoms with Crippen LogP contribution in [-0.2, 0) is 19.1 Å². The molecule has 0 fully saturated rings. The zero-order valence-electron chi connectivity index (χ0n) is 16.8. The number of ether oxygens (including phenoxy) is 2. The van der Waals surface area contributed by atoms with Crippen molar-refractivity contribution in [3.8, 4) is 0 Å². The molecule has 1 atom stereocenters. The lowest BCUT2D eigenvalue weighted by Crippen LogP contribution is -2.21. The Labute approximate surface area is 151 Å². The normalized spacial score (nSPS) is 12.6. The molecule has 4 nitrogen and oxygen atoms in total. The van der Waals surface area contributed by atoms with Gasteiger partial charge in [0.2, 0.25) is 0 Å². The minimum absolute atomic E-state index is 0.0371. The number of hydrogen-bond acceptors (Lipinski definition) is 4. The van der Waals surface area contributed by atoms with Gasteiger partial charge < -0.3 is 9.47 Å². The fraction of sp³-hybridized carbons (Fsp3) is 0.619. The molecule has 140 valence electrons. The molecule has 0 amide bonds. The summed E-state index contributed by atoms with van der Waals surface area (Å²) in [5.74, 6) is 0.176. The molecular formula is C21H32O4. The third-order valence-electron chi connectivity index (χ3n) is 4.25. The standard InChI is InChI=1S/C21H32O4/c1-12(2)17-9-18(13(3)4)21(19(10-17)14(5)6)20(25-16(8)23)11-24-15(7)22/h9-10,12-14,20H,11H2,1-8H3. The monoisotopic (exact) mass is 348 g/mol. The van der Waals surface area contributed by atoms with Crippen LogP contribution in [0.1, 0.15) is 102 Å². The Morgan fingerprint density at radius 3 is 1.64 bits per heavy atom. The number of hydrogen-bond donors (Lipinski definition) is 0. The van der Waals surface area contributed by atoms with Crippen LogP contribution in [0.25, 0.3) is 0 Å². The number of rotatable bonds is 7. The number of carbonyl (C=O) groups excluding carboxylic acids is 2. The van der Waals surface area contributed by atoms with E-state index in [4.69, 9.17) is 9.47 Å². The van der Waals surface area contributed by atoms with Crippen LogP contribution in [0.2, 0.25) is 0 Å². The van der Waals surface area contributed by atoms with Gasteiger partial charge in [0.05, 0.1) is 0 Å². The summed E-state index contributed by atoms with van der Waals surface area (Å²) in [6, 6.07) is 4.39. The topological polar surface area (TPSA) is 52.6 Å². The highest BCUT2D eigenvalue weighted by molar-refractivity contribution is 5.67. The van der Waals surface area contributed by atoms with E-state index in [1.54, 1.807) is 0 Å². The van der Waals surface area contributed by atoms with Crippen molar-refractivity contribution in [3.63, 3.8) is 0 Å². The predicted molar refractivity (Wildman–Crippen MR) is 99.8 cm³/mol. The molecule has 1 unspecified atom stereocenters. The molecule has 0 spiro atoms. The summed E-state index contributed by atoms with van der Waals surface area (Å²) >= 11 is 0. The van der Waals surface area contributed by atoms with Gasteiger partial charge in [-0.25, -0.2) is 0 Å². The highest BCUT2D eigenvalue weighted by Crippen LogP contribution is 2.37. The summed E-state index contributed by atoms with van der Waals surface area (Å²) < 4.78 is 10.7. The van der Waals surface area contributed by atoms with E-state index in [1.807, 2.05) is 0 Å². The van der Waals surface area contributed by atoms with Crippen LogP contribution in [0.3, 0.4) is 0 Å². The lowest BCUT2D eigenvalue weighted by atomic mass is 9.82.